The summed E-state index contributed by atoms with van der Waals surface area (Å²) in [5.74, 6) is -0.285. The minimum Gasteiger partial charge on any atom is -0.379 e. The fourth-order valence-corrected chi connectivity index (χ4v) is 6.37. The Labute approximate surface area is 213 Å². The van der Waals surface area contributed by atoms with Crippen molar-refractivity contribution in [2.45, 2.75) is 14.7 Å². The van der Waals surface area contributed by atoms with Gasteiger partial charge in [-0.25, -0.2) is 8.42 Å². The predicted molar refractivity (Wildman–Crippen MR) is 134 cm³/mol. The maximum atomic E-state index is 13.2. The van der Waals surface area contributed by atoms with Crippen LogP contribution in [0, 0.1) is 0 Å². The summed E-state index contributed by atoms with van der Waals surface area (Å²) in [5.41, 5.74) is 0.351. The van der Waals surface area contributed by atoms with Crippen LogP contribution in [0.4, 0.5) is 0 Å². The van der Waals surface area contributed by atoms with Crippen molar-refractivity contribution in [3.8, 4) is 0 Å². The third kappa shape index (κ3) is 6.60. The van der Waals surface area contributed by atoms with Gasteiger partial charge in [-0.2, -0.15) is 4.31 Å². The van der Waals surface area contributed by atoms with Crippen molar-refractivity contribution >= 4 is 43.6 Å². The van der Waals surface area contributed by atoms with Crippen LogP contribution in [0.3, 0.4) is 0 Å². The van der Waals surface area contributed by atoms with E-state index in [1.807, 2.05) is 24.3 Å². The molecule has 4 rings (SSSR count). The van der Waals surface area contributed by atoms with Gasteiger partial charge in [0.15, 0.2) is 0 Å². The number of amides is 1. The standard InChI is InChI=1S/C23H28BrN3O5S2/c24-18-1-3-19(4-2-18)33-22-6-5-20(34(29,30)27-11-15-32-16-12-27)17-21(22)23(28)25-7-8-26-9-13-31-14-10-26/h1-6,17H,7-16H2,(H,25,28). The van der Waals surface area contributed by atoms with Gasteiger partial charge >= 0.3 is 0 Å². The molecule has 8 nitrogen and oxygen atoms in total. The Balaban J connectivity index is 1.55. The highest BCUT2D eigenvalue weighted by molar-refractivity contribution is 9.10. The van der Waals surface area contributed by atoms with Gasteiger partial charge in [0.1, 0.15) is 0 Å². The molecule has 2 fully saturated rings. The highest BCUT2D eigenvalue weighted by Crippen LogP contribution is 2.33. The van der Waals surface area contributed by atoms with Gasteiger partial charge in [-0.1, -0.05) is 27.7 Å². The first-order chi connectivity index (χ1) is 16.4. The minimum absolute atomic E-state index is 0.118. The number of rotatable bonds is 8. The summed E-state index contributed by atoms with van der Waals surface area (Å²) in [6.07, 6.45) is 0. The number of benzene rings is 2. The monoisotopic (exact) mass is 569 g/mol. The average molecular weight is 571 g/mol. The molecule has 0 radical (unpaired) electrons. The average Bonchev–Trinajstić information content (AvgIpc) is 2.86. The first-order valence-corrected chi connectivity index (χ1v) is 14.2. The van der Waals surface area contributed by atoms with Crippen molar-refractivity contribution in [1.29, 1.82) is 0 Å². The van der Waals surface area contributed by atoms with E-state index >= 15 is 0 Å². The van der Waals surface area contributed by atoms with Crippen molar-refractivity contribution < 1.29 is 22.7 Å². The number of carbonyl (C=O) groups is 1. The largest absolute Gasteiger partial charge is 0.379 e. The van der Waals surface area contributed by atoms with E-state index in [9.17, 15) is 13.2 Å². The van der Waals surface area contributed by atoms with Crippen LogP contribution in [-0.2, 0) is 19.5 Å². The number of halogens is 1. The number of sulfonamides is 1. The summed E-state index contributed by atoms with van der Waals surface area (Å²) in [4.78, 5) is 17.2. The van der Waals surface area contributed by atoms with E-state index < -0.39 is 10.0 Å². The van der Waals surface area contributed by atoms with Gasteiger partial charge in [-0.3, -0.25) is 9.69 Å². The summed E-state index contributed by atoms with van der Waals surface area (Å²) in [7, 11) is -3.72. The first kappa shape index (κ1) is 25.6. The van der Waals surface area contributed by atoms with Crippen LogP contribution in [0.15, 0.2) is 61.6 Å². The molecule has 2 aliphatic heterocycles. The van der Waals surface area contributed by atoms with Gasteiger partial charge in [0.25, 0.3) is 5.91 Å². The fraction of sp³-hybridized carbons (Fsp3) is 0.435. The first-order valence-electron chi connectivity index (χ1n) is 11.2. The smallest absolute Gasteiger partial charge is 0.252 e. The molecule has 0 bridgehead atoms. The predicted octanol–water partition coefficient (Wildman–Crippen LogP) is 2.68. The van der Waals surface area contributed by atoms with Gasteiger partial charge < -0.3 is 14.8 Å². The second-order valence-corrected chi connectivity index (χ2v) is 11.9. The Hall–Kier alpha value is -1.47. The summed E-state index contributed by atoms with van der Waals surface area (Å²) < 4.78 is 39.4. The SMILES string of the molecule is O=C(NCCN1CCOCC1)c1cc(S(=O)(=O)N2CCOCC2)ccc1Sc1ccc(Br)cc1. The van der Waals surface area contributed by atoms with Gasteiger partial charge in [0.2, 0.25) is 10.0 Å². The summed E-state index contributed by atoms with van der Waals surface area (Å²) in [6, 6.07) is 12.6. The molecule has 2 aromatic carbocycles. The highest BCUT2D eigenvalue weighted by atomic mass is 79.9. The molecule has 0 saturated carbocycles. The number of nitrogens with one attached hydrogen (secondary N) is 1. The lowest BCUT2D eigenvalue weighted by Gasteiger charge is -2.27. The normalized spacial score (nSPS) is 18.0. The minimum atomic E-state index is -3.72. The van der Waals surface area contributed by atoms with Gasteiger partial charge in [-0.15, -0.1) is 0 Å². The second-order valence-electron chi connectivity index (χ2n) is 7.94. The van der Waals surface area contributed by atoms with E-state index in [4.69, 9.17) is 9.47 Å². The quantitative estimate of drug-likeness (QED) is 0.522. The van der Waals surface area contributed by atoms with Crippen molar-refractivity contribution in [3.63, 3.8) is 0 Å². The number of carbonyl (C=O) groups excluding carboxylic acids is 1. The topological polar surface area (TPSA) is 88.2 Å². The van der Waals surface area contributed by atoms with Gasteiger partial charge in [-0.05, 0) is 42.5 Å². The van der Waals surface area contributed by atoms with Gasteiger partial charge in [0, 0.05) is 53.5 Å². The third-order valence-corrected chi connectivity index (χ3v) is 9.17. The molecule has 2 aromatic rings. The molecule has 0 spiro atoms. The number of ether oxygens (including phenoxy) is 2. The Morgan fingerprint density at radius 3 is 2.29 bits per heavy atom. The van der Waals surface area contributed by atoms with E-state index in [1.54, 1.807) is 12.1 Å². The van der Waals surface area contributed by atoms with Crippen molar-refractivity contribution in [3.05, 3.63) is 52.5 Å². The van der Waals surface area contributed by atoms with Crippen LogP contribution in [0.25, 0.3) is 0 Å². The number of morpholine rings is 2. The second kappa shape index (κ2) is 12.0. The Kier molecular flexibility index (Phi) is 9.03. The third-order valence-electron chi connectivity index (χ3n) is 5.66. The van der Waals surface area contributed by atoms with E-state index in [-0.39, 0.29) is 10.8 Å². The van der Waals surface area contributed by atoms with Crippen LogP contribution in [0.1, 0.15) is 10.4 Å². The Morgan fingerprint density at radius 2 is 1.62 bits per heavy atom. The fourth-order valence-electron chi connectivity index (χ4n) is 3.75. The lowest BCUT2D eigenvalue weighted by Crippen LogP contribution is -2.41. The molecular weight excluding hydrogens is 542 g/mol. The van der Waals surface area contributed by atoms with Crippen LogP contribution in [0.5, 0.6) is 0 Å². The molecule has 2 aliphatic rings. The van der Waals surface area contributed by atoms with Crippen molar-refractivity contribution in [2.24, 2.45) is 0 Å². The molecule has 2 heterocycles. The Bertz CT molecular complexity index is 1090. The van der Waals surface area contributed by atoms with E-state index in [0.717, 1.165) is 29.0 Å². The van der Waals surface area contributed by atoms with E-state index in [0.29, 0.717) is 56.5 Å². The maximum absolute atomic E-state index is 13.2. The molecule has 1 amide bonds. The lowest BCUT2D eigenvalue weighted by atomic mass is 10.2. The zero-order chi connectivity index (χ0) is 24.0. The maximum Gasteiger partial charge on any atom is 0.252 e. The number of nitrogens with zero attached hydrogens (tertiary/aromatic N) is 2. The molecule has 2 saturated heterocycles. The van der Waals surface area contributed by atoms with Crippen LogP contribution >= 0.6 is 27.7 Å². The molecular formula is C23H28BrN3O5S2. The molecule has 0 aliphatic carbocycles. The van der Waals surface area contributed by atoms with Crippen molar-refractivity contribution in [2.75, 3.05) is 65.7 Å². The molecule has 0 unspecified atom stereocenters. The van der Waals surface area contributed by atoms with Crippen LogP contribution in [0.2, 0.25) is 0 Å². The number of hydrogen-bond donors (Lipinski definition) is 1. The van der Waals surface area contributed by atoms with Crippen LogP contribution in [-0.4, -0.2) is 89.2 Å². The van der Waals surface area contributed by atoms with Crippen LogP contribution < -0.4 is 5.32 Å². The molecule has 0 atom stereocenters. The zero-order valence-corrected chi connectivity index (χ0v) is 22.0. The highest BCUT2D eigenvalue weighted by Gasteiger charge is 2.28. The van der Waals surface area contributed by atoms with Gasteiger partial charge in [0.05, 0.1) is 36.9 Å². The summed E-state index contributed by atoms with van der Waals surface area (Å²) >= 11 is 4.86. The van der Waals surface area contributed by atoms with E-state index in [2.05, 4.69) is 26.1 Å². The molecule has 0 aromatic heterocycles. The van der Waals surface area contributed by atoms with Crippen molar-refractivity contribution in [1.82, 2.24) is 14.5 Å². The number of hydrogen-bond acceptors (Lipinski definition) is 7. The molecule has 1 N–H and O–H groups in total. The summed E-state index contributed by atoms with van der Waals surface area (Å²) in [5, 5.41) is 2.97. The Morgan fingerprint density at radius 1 is 0.971 bits per heavy atom. The molecule has 34 heavy (non-hydrogen) atoms. The summed E-state index contributed by atoms with van der Waals surface area (Å²) in [6.45, 7) is 5.61. The zero-order valence-electron chi connectivity index (χ0n) is 18.7. The van der Waals surface area contributed by atoms with E-state index in [1.165, 1.54) is 22.1 Å². The molecule has 11 heteroatoms. The lowest BCUT2D eigenvalue weighted by molar-refractivity contribution is 0.0383. The molecule has 184 valence electrons.